The van der Waals surface area contributed by atoms with Crippen molar-refractivity contribution in [2.45, 2.75) is 114 Å². The molecule has 1 saturated carbocycles. The standard InChI is InChI=1S/C37H53FN6O6S2/c1-23(20-42-14-16-43(17-15-42)34(49)50-35(3,4)5)52-36(6,7)30(41-33(48)37(38)12-13-37)32(47)44-21-27(45)18-28(44)31(46)39-19-25-8-10-26(11-9-25)29-24(2)40-22-51-29/h8-11,22-23,27-28,30,45H,12-21H2,1-7H3,(H,39,46)(H,41,48)/t23?,27-,28-,30?/m1/s1. The van der Waals surface area contributed by atoms with E-state index in [0.717, 1.165) is 21.7 Å². The number of aryl methyl sites for hydroxylation is 1. The van der Waals surface area contributed by atoms with Gasteiger partial charge in [-0.05, 0) is 65.5 Å². The molecule has 0 bridgehead atoms. The van der Waals surface area contributed by atoms with Crippen LogP contribution in [0.2, 0.25) is 0 Å². The second-order valence-electron chi connectivity index (χ2n) is 15.7. The number of nitrogens with one attached hydrogen (secondary N) is 2. The van der Waals surface area contributed by atoms with Crippen LogP contribution in [0.5, 0.6) is 0 Å². The van der Waals surface area contributed by atoms with Gasteiger partial charge >= 0.3 is 6.09 Å². The number of aliphatic hydroxyl groups excluding tert-OH is 1. The van der Waals surface area contributed by atoms with Crippen molar-refractivity contribution < 1.29 is 33.4 Å². The molecule has 3 heterocycles. The maximum Gasteiger partial charge on any atom is 0.410 e. The van der Waals surface area contributed by atoms with E-state index in [1.54, 1.807) is 21.7 Å². The Labute approximate surface area is 314 Å². The average molecular weight is 761 g/mol. The summed E-state index contributed by atoms with van der Waals surface area (Å²) in [5.74, 6) is -1.77. The zero-order valence-electron chi connectivity index (χ0n) is 31.2. The van der Waals surface area contributed by atoms with Gasteiger partial charge in [0.15, 0.2) is 5.67 Å². The molecule has 4 atom stereocenters. The number of hydrogen-bond acceptors (Lipinski definition) is 10. The summed E-state index contributed by atoms with van der Waals surface area (Å²) in [5, 5.41) is 16.3. The van der Waals surface area contributed by atoms with E-state index >= 15 is 0 Å². The molecule has 15 heteroatoms. The first kappa shape index (κ1) is 39.9. The summed E-state index contributed by atoms with van der Waals surface area (Å²) in [6.07, 6.45) is -1.02. The lowest BCUT2D eigenvalue weighted by Crippen LogP contribution is -2.61. The summed E-state index contributed by atoms with van der Waals surface area (Å²) in [6, 6.07) is 5.70. The number of thioether (sulfide) groups is 1. The van der Waals surface area contributed by atoms with Gasteiger partial charge in [0.25, 0.3) is 5.91 Å². The first-order chi connectivity index (χ1) is 24.3. The molecule has 3 fully saturated rings. The molecule has 2 aromatic rings. The van der Waals surface area contributed by atoms with Crippen LogP contribution in [0.4, 0.5) is 9.18 Å². The van der Waals surface area contributed by atoms with Gasteiger partial charge < -0.3 is 30.3 Å². The molecule has 3 N–H and O–H groups in total. The Balaban J connectivity index is 1.22. The number of aromatic nitrogens is 1. The minimum atomic E-state index is -2.01. The Bertz CT molecular complexity index is 1600. The maximum atomic E-state index is 15.0. The number of β-amino-alcohol motifs (C(OH)–C–C–N with tert-alkyl or cyclic N) is 1. The normalized spacial score (nSPS) is 21.7. The number of piperazine rings is 1. The zero-order chi connectivity index (χ0) is 38.0. The molecule has 0 radical (unpaired) electrons. The number of hydrogen-bond donors (Lipinski definition) is 3. The molecule has 286 valence electrons. The molecule has 2 unspecified atom stereocenters. The molecule has 0 spiro atoms. The van der Waals surface area contributed by atoms with Crippen LogP contribution in [0.25, 0.3) is 10.4 Å². The van der Waals surface area contributed by atoms with E-state index in [-0.39, 0.29) is 43.7 Å². The van der Waals surface area contributed by atoms with E-state index < -0.39 is 51.9 Å². The van der Waals surface area contributed by atoms with Crippen molar-refractivity contribution in [1.29, 1.82) is 0 Å². The number of amides is 4. The Morgan fingerprint density at radius 2 is 1.75 bits per heavy atom. The van der Waals surface area contributed by atoms with Gasteiger partial charge in [0.1, 0.15) is 17.7 Å². The van der Waals surface area contributed by atoms with E-state index in [1.807, 2.05) is 72.7 Å². The Morgan fingerprint density at radius 3 is 2.33 bits per heavy atom. The van der Waals surface area contributed by atoms with Crippen molar-refractivity contribution >= 4 is 46.9 Å². The molecule has 4 amide bonds. The van der Waals surface area contributed by atoms with Crippen LogP contribution in [0, 0.1) is 6.92 Å². The minimum absolute atomic E-state index is 0.00909. The fraction of sp³-hybridized carbons (Fsp3) is 0.649. The number of carbonyl (C=O) groups excluding carboxylic acids is 4. The maximum absolute atomic E-state index is 15.0. The van der Waals surface area contributed by atoms with Crippen LogP contribution >= 0.6 is 23.1 Å². The summed E-state index contributed by atoms with van der Waals surface area (Å²) in [4.78, 5) is 64.2. The van der Waals surface area contributed by atoms with Gasteiger partial charge in [-0.25, -0.2) is 14.2 Å². The van der Waals surface area contributed by atoms with Crippen molar-refractivity contribution in [3.05, 3.63) is 41.0 Å². The topological polar surface area (TPSA) is 144 Å². The SMILES string of the molecule is Cc1ncsc1-c1ccc(CNC(=O)[C@H]2C[C@@H](O)CN2C(=O)C(NC(=O)C2(F)CC2)C(C)(C)SC(C)CN2CCN(C(=O)OC(C)(C)C)CC2)cc1. The van der Waals surface area contributed by atoms with Gasteiger partial charge in [-0.3, -0.25) is 19.3 Å². The highest BCUT2D eigenvalue weighted by atomic mass is 32.2. The lowest BCUT2D eigenvalue weighted by molar-refractivity contribution is -0.143. The first-order valence-corrected chi connectivity index (χ1v) is 19.7. The zero-order valence-corrected chi connectivity index (χ0v) is 32.9. The van der Waals surface area contributed by atoms with Crippen LogP contribution in [-0.2, 0) is 25.7 Å². The third-order valence-electron chi connectivity index (χ3n) is 9.65. The third kappa shape index (κ3) is 10.0. The van der Waals surface area contributed by atoms with Crippen molar-refractivity contribution in [1.82, 2.24) is 30.3 Å². The smallest absolute Gasteiger partial charge is 0.410 e. The number of benzene rings is 1. The van der Waals surface area contributed by atoms with E-state index in [4.69, 9.17) is 4.74 Å². The van der Waals surface area contributed by atoms with Crippen molar-refractivity contribution in [3.8, 4) is 10.4 Å². The molecule has 1 aromatic carbocycles. The van der Waals surface area contributed by atoms with Crippen molar-refractivity contribution in [2.75, 3.05) is 39.3 Å². The summed E-state index contributed by atoms with van der Waals surface area (Å²) >= 11 is 3.06. The predicted octanol–water partition coefficient (Wildman–Crippen LogP) is 4.14. The van der Waals surface area contributed by atoms with Gasteiger partial charge in [-0.2, -0.15) is 0 Å². The average Bonchev–Trinajstić information content (AvgIpc) is 3.48. The molecule has 5 rings (SSSR count). The first-order valence-electron chi connectivity index (χ1n) is 18.0. The fourth-order valence-corrected chi connectivity index (χ4v) is 9.12. The number of ether oxygens (including phenoxy) is 1. The van der Waals surface area contributed by atoms with E-state index in [1.165, 1.54) is 16.7 Å². The molecule has 3 aliphatic rings. The summed E-state index contributed by atoms with van der Waals surface area (Å²) in [5.41, 5.74) is 2.09. The largest absolute Gasteiger partial charge is 0.444 e. The van der Waals surface area contributed by atoms with E-state index in [9.17, 15) is 28.7 Å². The highest BCUT2D eigenvalue weighted by Crippen LogP contribution is 2.41. The quantitative estimate of drug-likeness (QED) is 0.291. The lowest BCUT2D eigenvalue weighted by Gasteiger charge is -2.40. The highest BCUT2D eigenvalue weighted by molar-refractivity contribution is 8.01. The number of alkyl halides is 1. The second kappa shape index (κ2) is 16.0. The van der Waals surface area contributed by atoms with Crippen LogP contribution in [-0.4, -0.2) is 127 Å². The van der Waals surface area contributed by atoms with E-state index in [0.29, 0.717) is 32.7 Å². The number of carbonyl (C=O) groups is 4. The number of likely N-dealkylation sites (tertiary alicyclic amines) is 1. The molecule has 12 nitrogen and oxygen atoms in total. The monoisotopic (exact) mass is 760 g/mol. The number of halogens is 1. The summed E-state index contributed by atoms with van der Waals surface area (Å²) in [7, 11) is 0. The third-order valence-corrected chi connectivity index (χ3v) is 12.0. The van der Waals surface area contributed by atoms with Crippen LogP contribution < -0.4 is 10.6 Å². The lowest BCUT2D eigenvalue weighted by atomic mass is 10.00. The van der Waals surface area contributed by atoms with Crippen LogP contribution in [0.3, 0.4) is 0 Å². The van der Waals surface area contributed by atoms with Gasteiger partial charge in [0.05, 0.1) is 22.2 Å². The number of nitrogens with zero attached hydrogens (tertiary/aromatic N) is 4. The van der Waals surface area contributed by atoms with E-state index in [2.05, 4.69) is 20.5 Å². The molecule has 2 saturated heterocycles. The van der Waals surface area contributed by atoms with Crippen LogP contribution in [0.15, 0.2) is 29.8 Å². The molecular weight excluding hydrogens is 708 g/mol. The van der Waals surface area contributed by atoms with Gasteiger partial charge in [0.2, 0.25) is 11.8 Å². The van der Waals surface area contributed by atoms with Crippen molar-refractivity contribution in [3.63, 3.8) is 0 Å². The Hall–Kier alpha value is -3.27. The van der Waals surface area contributed by atoms with Gasteiger partial charge in [-0.15, -0.1) is 23.1 Å². The molecule has 2 aliphatic heterocycles. The molecule has 1 aliphatic carbocycles. The number of aliphatic hydroxyl groups is 1. The molecule has 1 aromatic heterocycles. The van der Waals surface area contributed by atoms with Gasteiger partial charge in [-0.1, -0.05) is 31.2 Å². The minimum Gasteiger partial charge on any atom is -0.444 e. The Morgan fingerprint density at radius 1 is 1.10 bits per heavy atom. The molecular formula is C37H53FN6O6S2. The highest BCUT2D eigenvalue weighted by Gasteiger charge is 2.54. The number of thiazole rings is 1. The summed E-state index contributed by atoms with van der Waals surface area (Å²) < 4.78 is 19.6. The van der Waals surface area contributed by atoms with Gasteiger partial charge in [0, 0.05) is 62.2 Å². The number of rotatable bonds is 12. The fourth-order valence-electron chi connectivity index (χ4n) is 6.69. The van der Waals surface area contributed by atoms with Crippen LogP contribution in [0.1, 0.15) is 72.1 Å². The second-order valence-corrected chi connectivity index (χ2v) is 18.7. The predicted molar refractivity (Wildman–Crippen MR) is 201 cm³/mol. The summed E-state index contributed by atoms with van der Waals surface area (Å²) in [6.45, 7) is 16.4. The molecule has 52 heavy (non-hydrogen) atoms. The van der Waals surface area contributed by atoms with Crippen molar-refractivity contribution in [2.24, 2.45) is 0 Å². The Kier molecular flexibility index (Phi) is 12.3.